The molecule has 1 amide bonds. The summed E-state index contributed by atoms with van der Waals surface area (Å²) in [5.74, 6) is 0.881. The zero-order valence-corrected chi connectivity index (χ0v) is 15.1. The van der Waals surface area contributed by atoms with Crippen molar-refractivity contribution in [3.05, 3.63) is 78.8 Å². The number of rotatable bonds is 3. The number of likely N-dealkylation sites (tertiary alicyclic amines) is 1. The zero-order chi connectivity index (χ0) is 18.9. The van der Waals surface area contributed by atoms with Crippen molar-refractivity contribution >= 4 is 11.6 Å². The molecule has 7 nitrogen and oxygen atoms in total. The number of amides is 1. The Bertz CT molecular complexity index is 1130. The van der Waals surface area contributed by atoms with Gasteiger partial charge in [0.05, 0.1) is 0 Å². The highest BCUT2D eigenvalue weighted by molar-refractivity contribution is 5.92. The Hall–Kier alpha value is -3.61. The molecule has 0 radical (unpaired) electrons. The van der Waals surface area contributed by atoms with Gasteiger partial charge in [0.2, 0.25) is 0 Å². The minimum absolute atomic E-state index is 0.0353. The topological polar surface area (TPSA) is 76.3 Å². The van der Waals surface area contributed by atoms with Gasteiger partial charge in [-0.1, -0.05) is 6.07 Å². The van der Waals surface area contributed by atoms with Crippen molar-refractivity contribution < 1.29 is 4.79 Å². The van der Waals surface area contributed by atoms with E-state index in [1.54, 1.807) is 24.7 Å². The maximum absolute atomic E-state index is 12.6. The number of pyridine rings is 3. The second-order valence-electron chi connectivity index (χ2n) is 6.88. The van der Waals surface area contributed by atoms with E-state index in [9.17, 15) is 4.79 Å². The van der Waals surface area contributed by atoms with Crippen molar-refractivity contribution in [1.82, 2.24) is 29.5 Å². The minimum Gasteiger partial charge on any atom is -0.337 e. The van der Waals surface area contributed by atoms with Crippen molar-refractivity contribution in [2.24, 2.45) is 0 Å². The summed E-state index contributed by atoms with van der Waals surface area (Å²) in [4.78, 5) is 27.4. The molecule has 7 heteroatoms. The predicted molar refractivity (Wildman–Crippen MR) is 104 cm³/mol. The quantitative estimate of drug-likeness (QED) is 0.554. The molecule has 1 aliphatic heterocycles. The standard InChI is InChI=1S/C21H18N6O/c28-21(18-3-1-2-9-23-18)26-12-8-17(13-26)20-24-19-5-4-16(14-27(19)25-20)15-6-10-22-11-7-15/h1-7,9-11,14,17H,8,12-13H2/t17-/m0/s1. The third kappa shape index (κ3) is 3.00. The fraction of sp³-hybridized carbons (Fsp3) is 0.190. The first-order valence-electron chi connectivity index (χ1n) is 9.25. The van der Waals surface area contributed by atoms with Crippen LogP contribution in [0.4, 0.5) is 0 Å². The summed E-state index contributed by atoms with van der Waals surface area (Å²) in [6.07, 6.45) is 8.03. The van der Waals surface area contributed by atoms with Crippen molar-refractivity contribution in [1.29, 1.82) is 0 Å². The van der Waals surface area contributed by atoms with E-state index in [2.05, 4.69) is 20.1 Å². The van der Waals surface area contributed by atoms with Crippen LogP contribution in [0.15, 0.2) is 67.3 Å². The van der Waals surface area contributed by atoms with Crippen LogP contribution in [-0.4, -0.2) is 48.5 Å². The van der Waals surface area contributed by atoms with Crippen molar-refractivity contribution in [3.63, 3.8) is 0 Å². The lowest BCUT2D eigenvalue weighted by Gasteiger charge is -2.15. The van der Waals surface area contributed by atoms with Crippen LogP contribution in [0, 0.1) is 0 Å². The molecule has 138 valence electrons. The summed E-state index contributed by atoms with van der Waals surface area (Å²) in [5.41, 5.74) is 3.43. The number of fused-ring (bicyclic) bond motifs is 1. The summed E-state index contributed by atoms with van der Waals surface area (Å²) in [5, 5.41) is 4.68. The van der Waals surface area contributed by atoms with Crippen molar-refractivity contribution in [2.75, 3.05) is 13.1 Å². The first-order chi connectivity index (χ1) is 13.8. The molecule has 1 atom stereocenters. The van der Waals surface area contributed by atoms with Gasteiger partial charge in [-0.25, -0.2) is 9.50 Å². The molecule has 0 aromatic carbocycles. The third-order valence-corrected chi connectivity index (χ3v) is 5.09. The monoisotopic (exact) mass is 370 g/mol. The highest BCUT2D eigenvalue weighted by Crippen LogP contribution is 2.27. The van der Waals surface area contributed by atoms with Crippen LogP contribution in [-0.2, 0) is 0 Å². The summed E-state index contributed by atoms with van der Waals surface area (Å²) < 4.78 is 1.81. The van der Waals surface area contributed by atoms with Crippen LogP contribution in [0.3, 0.4) is 0 Å². The van der Waals surface area contributed by atoms with Crippen LogP contribution >= 0.6 is 0 Å². The summed E-state index contributed by atoms with van der Waals surface area (Å²) in [6, 6.07) is 13.3. The summed E-state index contributed by atoms with van der Waals surface area (Å²) >= 11 is 0. The van der Waals surface area contributed by atoms with Crippen LogP contribution in [0.2, 0.25) is 0 Å². The fourth-order valence-electron chi connectivity index (χ4n) is 3.60. The molecule has 4 aromatic rings. The molecular weight excluding hydrogens is 352 g/mol. The number of carbonyl (C=O) groups excluding carboxylic acids is 1. The van der Waals surface area contributed by atoms with Gasteiger partial charge >= 0.3 is 0 Å². The molecule has 1 fully saturated rings. The largest absolute Gasteiger partial charge is 0.337 e. The van der Waals surface area contributed by atoms with Gasteiger partial charge < -0.3 is 4.90 Å². The molecule has 1 aliphatic rings. The normalized spacial score (nSPS) is 16.6. The maximum atomic E-state index is 12.6. The van der Waals surface area contributed by atoms with Gasteiger partial charge in [0.1, 0.15) is 5.69 Å². The molecule has 0 aliphatic carbocycles. The molecule has 1 saturated heterocycles. The fourth-order valence-corrected chi connectivity index (χ4v) is 3.60. The first-order valence-corrected chi connectivity index (χ1v) is 9.25. The van der Waals surface area contributed by atoms with E-state index in [0.717, 1.165) is 29.0 Å². The van der Waals surface area contributed by atoms with Crippen LogP contribution in [0.1, 0.15) is 28.7 Å². The molecule has 28 heavy (non-hydrogen) atoms. The second-order valence-corrected chi connectivity index (χ2v) is 6.88. The molecule has 0 spiro atoms. The Labute approximate surface area is 161 Å². The van der Waals surface area contributed by atoms with Crippen LogP contribution in [0.25, 0.3) is 16.8 Å². The van der Waals surface area contributed by atoms with Crippen LogP contribution < -0.4 is 0 Å². The zero-order valence-electron chi connectivity index (χ0n) is 15.1. The molecule has 0 saturated carbocycles. The second kappa shape index (κ2) is 6.84. The van der Waals surface area contributed by atoms with Crippen molar-refractivity contribution in [2.45, 2.75) is 12.3 Å². The Morgan fingerprint density at radius 2 is 1.89 bits per heavy atom. The van der Waals surface area contributed by atoms with E-state index in [1.165, 1.54) is 0 Å². The lowest BCUT2D eigenvalue weighted by molar-refractivity contribution is 0.0784. The Morgan fingerprint density at radius 3 is 2.71 bits per heavy atom. The highest BCUT2D eigenvalue weighted by Gasteiger charge is 2.31. The molecule has 5 rings (SSSR count). The van der Waals surface area contributed by atoms with E-state index in [-0.39, 0.29) is 11.8 Å². The number of carbonyl (C=O) groups is 1. The highest BCUT2D eigenvalue weighted by atomic mass is 16.2. The van der Waals surface area contributed by atoms with Gasteiger partial charge in [-0.15, -0.1) is 0 Å². The lowest BCUT2D eigenvalue weighted by atomic mass is 10.1. The lowest BCUT2D eigenvalue weighted by Crippen LogP contribution is -2.29. The predicted octanol–water partition coefficient (Wildman–Crippen LogP) is 2.82. The maximum Gasteiger partial charge on any atom is 0.272 e. The van der Waals surface area contributed by atoms with E-state index in [1.807, 2.05) is 52.0 Å². The number of hydrogen-bond donors (Lipinski definition) is 0. The molecular formula is C21H18N6O. The smallest absolute Gasteiger partial charge is 0.272 e. The Kier molecular flexibility index (Phi) is 4.05. The SMILES string of the molecule is O=C(c1ccccn1)N1CC[C@H](c2nc3ccc(-c4ccncc4)cn3n2)C1. The van der Waals surface area contributed by atoms with Crippen LogP contribution in [0.5, 0.6) is 0 Å². The molecule has 0 N–H and O–H groups in total. The van der Waals surface area contributed by atoms with E-state index < -0.39 is 0 Å². The van der Waals surface area contributed by atoms with Gasteiger partial charge in [0.15, 0.2) is 11.5 Å². The van der Waals surface area contributed by atoms with Gasteiger partial charge in [0, 0.05) is 49.4 Å². The number of aromatic nitrogens is 5. The molecule has 5 heterocycles. The Morgan fingerprint density at radius 1 is 1.00 bits per heavy atom. The van der Waals surface area contributed by atoms with Gasteiger partial charge in [0.25, 0.3) is 5.91 Å². The van der Waals surface area contributed by atoms with Gasteiger partial charge in [-0.2, -0.15) is 5.10 Å². The van der Waals surface area contributed by atoms with E-state index >= 15 is 0 Å². The molecule has 0 unspecified atom stereocenters. The molecule has 0 bridgehead atoms. The number of nitrogens with zero attached hydrogens (tertiary/aromatic N) is 6. The summed E-state index contributed by atoms with van der Waals surface area (Å²) in [6.45, 7) is 1.31. The third-order valence-electron chi connectivity index (χ3n) is 5.09. The average molecular weight is 370 g/mol. The van der Waals surface area contributed by atoms with Gasteiger partial charge in [-0.05, 0) is 48.4 Å². The summed E-state index contributed by atoms with van der Waals surface area (Å²) in [7, 11) is 0. The Balaban J connectivity index is 1.37. The average Bonchev–Trinajstić information content (AvgIpc) is 3.41. The number of hydrogen-bond acceptors (Lipinski definition) is 5. The molecule has 4 aromatic heterocycles. The minimum atomic E-state index is -0.0353. The van der Waals surface area contributed by atoms with Gasteiger partial charge in [-0.3, -0.25) is 14.8 Å². The van der Waals surface area contributed by atoms with E-state index in [0.29, 0.717) is 18.8 Å². The van der Waals surface area contributed by atoms with Crippen molar-refractivity contribution in [3.8, 4) is 11.1 Å². The van der Waals surface area contributed by atoms with E-state index in [4.69, 9.17) is 0 Å². The first kappa shape index (κ1) is 16.6.